The zero-order valence-electron chi connectivity index (χ0n) is 11.3. The first kappa shape index (κ1) is 13.1. The minimum Gasteiger partial charge on any atom is -0.369 e. The summed E-state index contributed by atoms with van der Waals surface area (Å²) < 4.78 is 0. The van der Waals surface area contributed by atoms with Gasteiger partial charge < -0.3 is 10.6 Å². The molecule has 0 atom stereocenters. The van der Waals surface area contributed by atoms with Gasteiger partial charge in [-0.15, -0.1) is 0 Å². The molecule has 0 aliphatic heterocycles. The molecular formula is C14H24N4. The molecule has 0 saturated heterocycles. The number of hydrogen-bond donors (Lipinski definition) is 2. The van der Waals surface area contributed by atoms with Gasteiger partial charge in [-0.3, -0.25) is 4.98 Å². The van der Waals surface area contributed by atoms with Crippen molar-refractivity contribution in [2.45, 2.75) is 45.4 Å². The van der Waals surface area contributed by atoms with E-state index in [0.29, 0.717) is 0 Å². The van der Waals surface area contributed by atoms with Gasteiger partial charge in [-0.2, -0.15) is 0 Å². The van der Waals surface area contributed by atoms with Crippen molar-refractivity contribution in [3.8, 4) is 0 Å². The zero-order valence-corrected chi connectivity index (χ0v) is 11.3. The average Bonchev–Trinajstić information content (AvgIpc) is 2.44. The highest BCUT2D eigenvalue weighted by atomic mass is 15.1. The van der Waals surface area contributed by atoms with Gasteiger partial charge in [0, 0.05) is 13.1 Å². The van der Waals surface area contributed by atoms with Gasteiger partial charge in [-0.05, 0) is 25.2 Å². The highest BCUT2D eigenvalue weighted by Crippen LogP contribution is 2.23. The molecule has 1 aliphatic rings. The van der Waals surface area contributed by atoms with E-state index < -0.39 is 0 Å². The smallest absolute Gasteiger partial charge is 0.146 e. The summed E-state index contributed by atoms with van der Waals surface area (Å²) in [4.78, 5) is 8.72. The Bertz CT molecular complexity index is 347. The van der Waals surface area contributed by atoms with Crippen LogP contribution in [0.2, 0.25) is 0 Å². The first-order valence-electron chi connectivity index (χ1n) is 7.18. The van der Waals surface area contributed by atoms with Crippen molar-refractivity contribution in [2.75, 3.05) is 23.7 Å². The Morgan fingerprint density at radius 3 is 2.56 bits per heavy atom. The van der Waals surface area contributed by atoms with Gasteiger partial charge in [0.05, 0.1) is 12.4 Å². The van der Waals surface area contributed by atoms with Crippen LogP contribution in [0.25, 0.3) is 0 Å². The van der Waals surface area contributed by atoms with Crippen LogP contribution in [-0.4, -0.2) is 23.1 Å². The van der Waals surface area contributed by atoms with Crippen molar-refractivity contribution in [1.29, 1.82) is 0 Å². The molecule has 1 saturated carbocycles. The zero-order chi connectivity index (χ0) is 12.6. The lowest BCUT2D eigenvalue weighted by molar-refractivity contribution is 0.373. The van der Waals surface area contributed by atoms with Crippen LogP contribution in [0.1, 0.15) is 45.4 Å². The number of aromatic nitrogens is 2. The quantitative estimate of drug-likeness (QED) is 0.811. The van der Waals surface area contributed by atoms with Gasteiger partial charge >= 0.3 is 0 Å². The second-order valence-electron chi connectivity index (χ2n) is 5.10. The van der Waals surface area contributed by atoms with E-state index in [1.807, 2.05) is 0 Å². The molecule has 0 aromatic carbocycles. The molecule has 0 unspecified atom stereocenters. The van der Waals surface area contributed by atoms with Crippen molar-refractivity contribution >= 4 is 11.6 Å². The predicted octanol–water partition coefficient (Wildman–Crippen LogP) is 3.29. The number of hydrogen-bond acceptors (Lipinski definition) is 4. The Kier molecular flexibility index (Phi) is 5.24. The van der Waals surface area contributed by atoms with E-state index in [1.54, 1.807) is 12.4 Å². The molecule has 4 heteroatoms. The molecule has 1 aromatic heterocycles. The molecular weight excluding hydrogens is 224 g/mol. The fraction of sp³-hybridized carbons (Fsp3) is 0.714. The second kappa shape index (κ2) is 7.19. The highest BCUT2D eigenvalue weighted by molar-refractivity contribution is 5.41. The maximum atomic E-state index is 4.51. The molecule has 2 N–H and O–H groups in total. The third kappa shape index (κ3) is 4.17. The predicted molar refractivity (Wildman–Crippen MR) is 75.9 cm³/mol. The van der Waals surface area contributed by atoms with Crippen LogP contribution in [0, 0.1) is 5.92 Å². The summed E-state index contributed by atoms with van der Waals surface area (Å²) in [6.45, 7) is 4.12. The molecule has 2 rings (SSSR count). The molecule has 1 aromatic rings. The molecule has 0 radical (unpaired) electrons. The summed E-state index contributed by atoms with van der Waals surface area (Å²) in [5.41, 5.74) is 0. The van der Waals surface area contributed by atoms with Gasteiger partial charge in [0.2, 0.25) is 0 Å². The van der Waals surface area contributed by atoms with Crippen molar-refractivity contribution < 1.29 is 0 Å². The normalized spacial score (nSPS) is 16.5. The van der Waals surface area contributed by atoms with E-state index in [-0.39, 0.29) is 0 Å². The highest BCUT2D eigenvalue weighted by Gasteiger charge is 2.13. The average molecular weight is 248 g/mol. The Morgan fingerprint density at radius 1 is 1.11 bits per heavy atom. The Labute approximate surface area is 110 Å². The lowest BCUT2D eigenvalue weighted by Crippen LogP contribution is -2.18. The topological polar surface area (TPSA) is 49.8 Å². The number of nitrogens with zero attached hydrogens (tertiary/aromatic N) is 2. The van der Waals surface area contributed by atoms with Crippen LogP contribution in [0.15, 0.2) is 12.4 Å². The summed E-state index contributed by atoms with van der Waals surface area (Å²) in [6, 6.07) is 0. The van der Waals surface area contributed by atoms with E-state index in [2.05, 4.69) is 27.5 Å². The monoisotopic (exact) mass is 248 g/mol. The Morgan fingerprint density at radius 2 is 1.83 bits per heavy atom. The molecule has 4 nitrogen and oxygen atoms in total. The van der Waals surface area contributed by atoms with Crippen molar-refractivity contribution in [1.82, 2.24) is 9.97 Å². The minimum absolute atomic E-state index is 0.813. The van der Waals surface area contributed by atoms with E-state index >= 15 is 0 Å². The van der Waals surface area contributed by atoms with Crippen LogP contribution in [0.5, 0.6) is 0 Å². The second-order valence-corrected chi connectivity index (χ2v) is 5.10. The van der Waals surface area contributed by atoms with E-state index in [0.717, 1.165) is 37.1 Å². The van der Waals surface area contributed by atoms with Gasteiger partial charge in [0.25, 0.3) is 0 Å². The number of nitrogens with one attached hydrogen (secondary N) is 2. The minimum atomic E-state index is 0.813. The number of rotatable bonds is 6. The Hall–Kier alpha value is -1.32. The standard InChI is InChI=1S/C14H24N4/c1-2-8-16-13-10-15-11-14(18-13)17-9-12-6-4-3-5-7-12/h10-12H,2-9H2,1H3,(H2,16,17,18). The summed E-state index contributed by atoms with van der Waals surface area (Å²) in [5.74, 6) is 2.57. The van der Waals surface area contributed by atoms with E-state index in [1.165, 1.54) is 32.1 Å². The first-order chi connectivity index (χ1) is 8.88. The third-order valence-corrected chi connectivity index (χ3v) is 3.49. The summed E-state index contributed by atoms with van der Waals surface area (Å²) in [7, 11) is 0. The van der Waals surface area contributed by atoms with Crippen LogP contribution in [0.3, 0.4) is 0 Å². The third-order valence-electron chi connectivity index (χ3n) is 3.49. The van der Waals surface area contributed by atoms with Crippen molar-refractivity contribution in [3.63, 3.8) is 0 Å². The maximum absolute atomic E-state index is 4.51. The largest absolute Gasteiger partial charge is 0.369 e. The molecule has 1 heterocycles. The fourth-order valence-electron chi connectivity index (χ4n) is 2.43. The van der Waals surface area contributed by atoms with Crippen molar-refractivity contribution in [2.24, 2.45) is 5.92 Å². The molecule has 0 spiro atoms. The van der Waals surface area contributed by atoms with E-state index in [9.17, 15) is 0 Å². The molecule has 1 aliphatic carbocycles. The molecule has 0 amide bonds. The fourth-order valence-corrected chi connectivity index (χ4v) is 2.43. The molecule has 18 heavy (non-hydrogen) atoms. The van der Waals surface area contributed by atoms with Crippen molar-refractivity contribution in [3.05, 3.63) is 12.4 Å². The molecule has 0 bridgehead atoms. The summed E-state index contributed by atoms with van der Waals surface area (Å²) in [6.07, 6.45) is 11.6. The van der Waals surface area contributed by atoms with Crippen LogP contribution < -0.4 is 10.6 Å². The summed E-state index contributed by atoms with van der Waals surface area (Å²) in [5, 5.41) is 6.68. The summed E-state index contributed by atoms with van der Waals surface area (Å²) >= 11 is 0. The molecule has 1 fully saturated rings. The van der Waals surface area contributed by atoms with Gasteiger partial charge in [-0.1, -0.05) is 26.2 Å². The van der Waals surface area contributed by atoms with Gasteiger partial charge in [0.1, 0.15) is 11.6 Å². The number of anilines is 2. The lowest BCUT2D eigenvalue weighted by atomic mass is 9.89. The van der Waals surface area contributed by atoms with Gasteiger partial charge in [0.15, 0.2) is 0 Å². The Balaban J connectivity index is 1.80. The van der Waals surface area contributed by atoms with Gasteiger partial charge in [-0.25, -0.2) is 4.98 Å². The SMILES string of the molecule is CCCNc1cncc(NCC2CCCCC2)n1. The maximum Gasteiger partial charge on any atom is 0.146 e. The van der Waals surface area contributed by atoms with Crippen LogP contribution in [-0.2, 0) is 0 Å². The van der Waals surface area contributed by atoms with E-state index in [4.69, 9.17) is 0 Å². The molecule has 100 valence electrons. The lowest BCUT2D eigenvalue weighted by Gasteiger charge is -2.21. The first-order valence-corrected chi connectivity index (χ1v) is 7.18. The van der Waals surface area contributed by atoms with Crippen LogP contribution >= 0.6 is 0 Å². The van der Waals surface area contributed by atoms with Crippen LogP contribution in [0.4, 0.5) is 11.6 Å².